The summed E-state index contributed by atoms with van der Waals surface area (Å²) in [6.45, 7) is 1.08. The molecule has 1 aromatic rings. The van der Waals surface area contributed by atoms with Gasteiger partial charge in [0.2, 0.25) is 15.8 Å². The molecule has 6 heteroatoms. The molecule has 0 atom stereocenters. The highest BCUT2D eigenvalue weighted by Gasteiger charge is 2.26. The first-order valence-electron chi connectivity index (χ1n) is 5.65. The summed E-state index contributed by atoms with van der Waals surface area (Å²) in [6, 6.07) is 5.45. The summed E-state index contributed by atoms with van der Waals surface area (Å²) < 4.78 is 25.7. The van der Waals surface area contributed by atoms with E-state index in [-0.39, 0.29) is 16.7 Å². The highest BCUT2D eigenvalue weighted by atomic mass is 32.2. The van der Waals surface area contributed by atoms with Crippen LogP contribution in [0.5, 0.6) is 0 Å². The molecule has 1 aliphatic heterocycles. The molecular formula is C12H13NO4S. The third kappa shape index (κ3) is 2.34. The molecule has 0 N–H and O–H groups in total. The van der Waals surface area contributed by atoms with Gasteiger partial charge in [-0.05, 0) is 37.1 Å². The highest BCUT2D eigenvalue weighted by Crippen LogP contribution is 2.20. The molecule has 0 spiro atoms. The van der Waals surface area contributed by atoms with Gasteiger partial charge in [-0.1, -0.05) is 0 Å². The Balaban J connectivity index is 2.29. The number of Topliss-reactive ketones (excluding diaryl/α,β-unsaturated/α-hetero) is 1. The van der Waals surface area contributed by atoms with E-state index in [1.165, 1.54) is 28.6 Å². The van der Waals surface area contributed by atoms with Gasteiger partial charge in [-0.2, -0.15) is 4.31 Å². The van der Waals surface area contributed by atoms with Crippen LogP contribution in [0.2, 0.25) is 0 Å². The second-order valence-electron chi connectivity index (χ2n) is 4.12. The number of rotatable bonds is 4. The molecule has 0 bridgehead atoms. The van der Waals surface area contributed by atoms with Crippen LogP contribution < -0.4 is 0 Å². The summed E-state index contributed by atoms with van der Waals surface area (Å²) in [4.78, 5) is 21.6. The van der Waals surface area contributed by atoms with Crippen molar-refractivity contribution < 1.29 is 18.0 Å². The Hall–Kier alpha value is -1.53. The molecule has 0 aromatic heterocycles. The lowest BCUT2D eigenvalue weighted by molar-refractivity contribution is -0.104. The van der Waals surface area contributed by atoms with Crippen LogP contribution in [-0.4, -0.2) is 37.9 Å². The molecule has 2 rings (SSSR count). The minimum Gasteiger partial charge on any atom is -0.294 e. The lowest BCUT2D eigenvalue weighted by Gasteiger charge is -2.15. The van der Waals surface area contributed by atoms with Crippen molar-refractivity contribution in [1.29, 1.82) is 0 Å². The summed E-state index contributed by atoms with van der Waals surface area (Å²) >= 11 is 0. The normalized spacial score (nSPS) is 16.7. The molecule has 1 aromatic carbocycles. The van der Waals surface area contributed by atoms with Gasteiger partial charge in [0, 0.05) is 18.7 Å². The number of carbonyl (C=O) groups excluding carboxylic acids is 2. The SMILES string of the molecule is O=CC(=O)c1ccc(S(=O)(=O)N2CCCC2)cc1. The van der Waals surface area contributed by atoms with Gasteiger partial charge in [0.1, 0.15) is 0 Å². The quantitative estimate of drug-likeness (QED) is 0.460. The van der Waals surface area contributed by atoms with Gasteiger partial charge in [0.05, 0.1) is 4.90 Å². The summed E-state index contributed by atoms with van der Waals surface area (Å²) in [5.41, 5.74) is 0.199. The fourth-order valence-corrected chi connectivity index (χ4v) is 3.45. The topological polar surface area (TPSA) is 71.5 Å². The van der Waals surface area contributed by atoms with E-state index in [9.17, 15) is 18.0 Å². The third-order valence-electron chi connectivity index (χ3n) is 2.95. The van der Waals surface area contributed by atoms with E-state index in [1.54, 1.807) is 0 Å². The second-order valence-corrected chi connectivity index (χ2v) is 6.06. The molecule has 0 unspecified atom stereocenters. The monoisotopic (exact) mass is 267 g/mol. The van der Waals surface area contributed by atoms with E-state index in [4.69, 9.17) is 0 Å². The molecule has 1 heterocycles. The van der Waals surface area contributed by atoms with Crippen LogP contribution in [0.25, 0.3) is 0 Å². The number of sulfonamides is 1. The molecule has 18 heavy (non-hydrogen) atoms. The fourth-order valence-electron chi connectivity index (χ4n) is 1.94. The smallest absolute Gasteiger partial charge is 0.243 e. The first kappa shape index (κ1) is 12.9. The number of hydrogen-bond acceptors (Lipinski definition) is 4. The van der Waals surface area contributed by atoms with E-state index >= 15 is 0 Å². The highest BCUT2D eigenvalue weighted by molar-refractivity contribution is 7.89. The minimum absolute atomic E-state index is 0.159. The standard InChI is InChI=1S/C12H13NO4S/c14-9-12(15)10-3-5-11(6-4-10)18(16,17)13-7-1-2-8-13/h3-6,9H,1-2,7-8H2. The summed E-state index contributed by atoms with van der Waals surface area (Å²) in [5, 5.41) is 0. The Bertz CT molecular complexity index is 556. The van der Waals surface area contributed by atoms with E-state index in [0.29, 0.717) is 13.1 Å². The Morgan fingerprint density at radius 3 is 2.17 bits per heavy atom. The van der Waals surface area contributed by atoms with Crippen LogP contribution in [0.1, 0.15) is 23.2 Å². The van der Waals surface area contributed by atoms with Gasteiger partial charge in [-0.15, -0.1) is 0 Å². The van der Waals surface area contributed by atoms with Gasteiger partial charge in [-0.25, -0.2) is 8.42 Å². The molecule has 96 valence electrons. The third-order valence-corrected chi connectivity index (χ3v) is 4.86. The van der Waals surface area contributed by atoms with E-state index in [1.807, 2.05) is 0 Å². The maximum atomic E-state index is 12.2. The average molecular weight is 267 g/mol. The van der Waals surface area contributed by atoms with Crippen molar-refractivity contribution in [3.8, 4) is 0 Å². The zero-order chi connectivity index (χ0) is 13.2. The maximum Gasteiger partial charge on any atom is 0.243 e. The van der Waals surface area contributed by atoms with Crippen molar-refractivity contribution in [3.63, 3.8) is 0 Å². The molecule has 1 saturated heterocycles. The molecular weight excluding hydrogens is 254 g/mol. The molecule has 0 saturated carbocycles. The van der Waals surface area contributed by atoms with Crippen LogP contribution >= 0.6 is 0 Å². The minimum atomic E-state index is -3.45. The first-order chi connectivity index (χ1) is 8.55. The van der Waals surface area contributed by atoms with Crippen LogP contribution in [0, 0.1) is 0 Å². The van der Waals surface area contributed by atoms with E-state index in [0.717, 1.165) is 12.8 Å². The zero-order valence-electron chi connectivity index (χ0n) is 9.70. The molecule has 5 nitrogen and oxygen atoms in total. The summed E-state index contributed by atoms with van der Waals surface area (Å²) in [6.07, 6.45) is 1.96. The van der Waals surface area contributed by atoms with Crippen LogP contribution in [0.15, 0.2) is 29.2 Å². The first-order valence-corrected chi connectivity index (χ1v) is 7.09. The Labute approximate surface area is 105 Å². The number of hydrogen-bond donors (Lipinski definition) is 0. The van der Waals surface area contributed by atoms with Crippen molar-refractivity contribution in [2.24, 2.45) is 0 Å². The van der Waals surface area contributed by atoms with Gasteiger partial charge in [0.25, 0.3) is 0 Å². The lowest BCUT2D eigenvalue weighted by Crippen LogP contribution is -2.27. The molecule has 1 aliphatic rings. The average Bonchev–Trinajstić information content (AvgIpc) is 2.92. The van der Waals surface area contributed by atoms with Crippen molar-refractivity contribution in [2.45, 2.75) is 17.7 Å². The molecule has 0 amide bonds. The van der Waals surface area contributed by atoms with Crippen molar-refractivity contribution in [2.75, 3.05) is 13.1 Å². The number of benzene rings is 1. The predicted molar refractivity (Wildman–Crippen MR) is 64.8 cm³/mol. The number of nitrogens with zero attached hydrogens (tertiary/aromatic N) is 1. The van der Waals surface area contributed by atoms with Gasteiger partial charge < -0.3 is 0 Å². The van der Waals surface area contributed by atoms with Gasteiger partial charge in [0.15, 0.2) is 6.29 Å². The largest absolute Gasteiger partial charge is 0.294 e. The predicted octanol–water partition coefficient (Wildman–Crippen LogP) is 0.853. The van der Waals surface area contributed by atoms with Crippen LogP contribution in [0.3, 0.4) is 0 Å². The van der Waals surface area contributed by atoms with Gasteiger partial charge in [-0.3, -0.25) is 9.59 Å². The van der Waals surface area contributed by atoms with Crippen LogP contribution in [0.4, 0.5) is 0 Å². The maximum absolute atomic E-state index is 12.2. The number of carbonyl (C=O) groups is 2. The Morgan fingerprint density at radius 2 is 1.67 bits per heavy atom. The zero-order valence-corrected chi connectivity index (χ0v) is 10.5. The Kier molecular flexibility index (Phi) is 3.58. The van der Waals surface area contributed by atoms with Crippen LogP contribution in [-0.2, 0) is 14.8 Å². The molecule has 0 aliphatic carbocycles. The Morgan fingerprint density at radius 1 is 1.11 bits per heavy atom. The molecule has 1 fully saturated rings. The van der Waals surface area contributed by atoms with Crippen molar-refractivity contribution in [3.05, 3.63) is 29.8 Å². The number of aldehydes is 1. The summed E-state index contributed by atoms with van der Waals surface area (Å²) in [5.74, 6) is -0.653. The van der Waals surface area contributed by atoms with E-state index < -0.39 is 15.8 Å². The summed E-state index contributed by atoms with van der Waals surface area (Å²) in [7, 11) is -3.45. The lowest BCUT2D eigenvalue weighted by atomic mass is 10.1. The number of ketones is 1. The van der Waals surface area contributed by atoms with E-state index in [2.05, 4.69) is 0 Å². The van der Waals surface area contributed by atoms with Gasteiger partial charge >= 0.3 is 0 Å². The fraction of sp³-hybridized carbons (Fsp3) is 0.333. The van der Waals surface area contributed by atoms with Crippen molar-refractivity contribution >= 4 is 22.1 Å². The molecule has 0 radical (unpaired) electrons. The van der Waals surface area contributed by atoms with Crippen molar-refractivity contribution in [1.82, 2.24) is 4.31 Å². The second kappa shape index (κ2) is 4.99.